The minimum absolute atomic E-state index is 0.111. The first-order chi connectivity index (χ1) is 12.0. The van der Waals surface area contributed by atoms with Gasteiger partial charge in [-0.3, -0.25) is 9.69 Å². The quantitative estimate of drug-likeness (QED) is 0.771. The molecule has 0 spiro atoms. The molecule has 1 aliphatic heterocycles. The summed E-state index contributed by atoms with van der Waals surface area (Å²) < 4.78 is 5.13. The van der Waals surface area contributed by atoms with E-state index in [0.717, 1.165) is 5.56 Å². The number of methoxy groups -OCH3 is 1. The maximum atomic E-state index is 12.4. The lowest BCUT2D eigenvalue weighted by Gasteiger charge is -2.21. The first-order valence-corrected chi connectivity index (χ1v) is 8.26. The molecule has 2 aromatic rings. The van der Waals surface area contributed by atoms with Crippen LogP contribution in [-0.2, 0) is 11.3 Å². The lowest BCUT2D eigenvalue weighted by atomic mass is 10.1. The molecule has 126 valence electrons. The molecular weight excluding hydrogens is 358 g/mol. The van der Waals surface area contributed by atoms with E-state index < -0.39 is 0 Å². The molecule has 0 atom stereocenters. The van der Waals surface area contributed by atoms with Crippen molar-refractivity contribution in [1.29, 1.82) is 5.26 Å². The Labute approximate surface area is 156 Å². The van der Waals surface area contributed by atoms with Crippen molar-refractivity contribution in [2.45, 2.75) is 6.54 Å². The van der Waals surface area contributed by atoms with Crippen molar-refractivity contribution >= 4 is 40.5 Å². The third kappa shape index (κ3) is 3.43. The highest BCUT2D eigenvalue weighted by atomic mass is 35.5. The number of hydrogen-bond donors (Lipinski definition) is 0. The van der Waals surface area contributed by atoms with Gasteiger partial charge in [0.25, 0.3) is 5.91 Å². The lowest BCUT2D eigenvalue weighted by molar-refractivity contribution is -0.116. The zero-order valence-corrected chi connectivity index (χ0v) is 15.0. The van der Waals surface area contributed by atoms with Gasteiger partial charge in [-0.2, -0.15) is 5.26 Å². The molecule has 1 amide bonds. The molecule has 1 heterocycles. The van der Waals surface area contributed by atoms with E-state index in [2.05, 4.69) is 6.07 Å². The standard InChI is InChI=1S/C18H14ClN3O2S/c1-24-16-7-6-14(8-15(16)19)22-17(23)11-21(18(22)25)10-13-4-2-12(9-20)3-5-13/h2-8H,10-11H2,1H3. The first-order valence-electron chi connectivity index (χ1n) is 7.48. The van der Waals surface area contributed by atoms with Gasteiger partial charge in [0.2, 0.25) is 0 Å². The van der Waals surface area contributed by atoms with Crippen LogP contribution in [0.1, 0.15) is 11.1 Å². The summed E-state index contributed by atoms with van der Waals surface area (Å²) in [6, 6.07) is 14.4. The fourth-order valence-corrected chi connectivity index (χ4v) is 3.22. The largest absolute Gasteiger partial charge is 0.495 e. The van der Waals surface area contributed by atoms with E-state index in [1.165, 1.54) is 12.0 Å². The molecule has 1 aliphatic rings. The number of benzene rings is 2. The van der Waals surface area contributed by atoms with Crippen LogP contribution in [0.5, 0.6) is 5.75 Å². The van der Waals surface area contributed by atoms with E-state index in [9.17, 15) is 4.79 Å². The van der Waals surface area contributed by atoms with Crippen LogP contribution in [0.3, 0.4) is 0 Å². The summed E-state index contributed by atoms with van der Waals surface area (Å²) >= 11 is 11.6. The van der Waals surface area contributed by atoms with Gasteiger partial charge in [-0.05, 0) is 48.1 Å². The first kappa shape index (κ1) is 17.2. The fourth-order valence-electron chi connectivity index (χ4n) is 2.63. The summed E-state index contributed by atoms with van der Waals surface area (Å²) in [5.41, 5.74) is 2.19. The third-order valence-electron chi connectivity index (χ3n) is 3.89. The molecule has 0 radical (unpaired) electrons. The average Bonchev–Trinajstić information content (AvgIpc) is 2.89. The normalized spacial score (nSPS) is 14.0. The molecular formula is C18H14ClN3O2S. The predicted octanol–water partition coefficient (Wildman–Crippen LogP) is 3.35. The second-order valence-corrected chi connectivity index (χ2v) is 6.27. The number of rotatable bonds is 4. The smallest absolute Gasteiger partial charge is 0.252 e. The number of hydrogen-bond acceptors (Lipinski definition) is 4. The number of halogens is 1. The van der Waals surface area contributed by atoms with Crippen molar-refractivity contribution < 1.29 is 9.53 Å². The molecule has 3 rings (SSSR count). The van der Waals surface area contributed by atoms with Gasteiger partial charge in [0.1, 0.15) is 12.3 Å². The topological polar surface area (TPSA) is 56.6 Å². The highest BCUT2D eigenvalue weighted by molar-refractivity contribution is 7.80. The van der Waals surface area contributed by atoms with Crippen LogP contribution in [0.4, 0.5) is 5.69 Å². The SMILES string of the molecule is COc1ccc(N2C(=O)CN(Cc3ccc(C#N)cc3)C2=S)cc1Cl. The molecule has 0 bridgehead atoms. The van der Waals surface area contributed by atoms with Gasteiger partial charge in [-0.25, -0.2) is 0 Å². The van der Waals surface area contributed by atoms with Gasteiger partial charge in [0, 0.05) is 6.54 Å². The van der Waals surface area contributed by atoms with Crippen LogP contribution in [0.25, 0.3) is 0 Å². The average molecular weight is 372 g/mol. The number of thiocarbonyl (C=S) groups is 1. The Balaban J connectivity index is 1.80. The zero-order chi connectivity index (χ0) is 18.0. The van der Waals surface area contributed by atoms with Gasteiger partial charge in [0.05, 0.1) is 29.5 Å². The van der Waals surface area contributed by atoms with Gasteiger partial charge < -0.3 is 9.64 Å². The van der Waals surface area contributed by atoms with E-state index in [1.54, 1.807) is 30.3 Å². The van der Waals surface area contributed by atoms with Crippen molar-refractivity contribution in [1.82, 2.24) is 4.90 Å². The number of nitrogens with zero attached hydrogens (tertiary/aromatic N) is 3. The lowest BCUT2D eigenvalue weighted by Crippen LogP contribution is -2.32. The summed E-state index contributed by atoms with van der Waals surface area (Å²) in [5, 5.41) is 9.70. The van der Waals surface area contributed by atoms with Crippen LogP contribution in [0.15, 0.2) is 42.5 Å². The summed E-state index contributed by atoms with van der Waals surface area (Å²) in [7, 11) is 1.53. The Hall–Kier alpha value is -2.62. The van der Waals surface area contributed by atoms with Crippen LogP contribution >= 0.6 is 23.8 Å². The number of nitriles is 1. The second-order valence-electron chi connectivity index (χ2n) is 5.50. The predicted molar refractivity (Wildman–Crippen MR) is 99.7 cm³/mol. The molecule has 2 aromatic carbocycles. The zero-order valence-electron chi connectivity index (χ0n) is 13.4. The van der Waals surface area contributed by atoms with Gasteiger partial charge in [0.15, 0.2) is 5.11 Å². The number of amides is 1. The van der Waals surface area contributed by atoms with Crippen LogP contribution in [-0.4, -0.2) is 29.6 Å². The fraction of sp³-hybridized carbons (Fsp3) is 0.167. The van der Waals surface area contributed by atoms with Crippen LogP contribution in [0.2, 0.25) is 5.02 Å². The minimum Gasteiger partial charge on any atom is -0.495 e. The molecule has 7 heteroatoms. The number of anilines is 1. The van der Waals surface area contributed by atoms with E-state index in [4.69, 9.17) is 33.8 Å². The number of ether oxygens (including phenoxy) is 1. The molecule has 1 saturated heterocycles. The minimum atomic E-state index is -0.111. The molecule has 0 aromatic heterocycles. The molecule has 0 N–H and O–H groups in total. The molecule has 5 nitrogen and oxygen atoms in total. The maximum absolute atomic E-state index is 12.4. The molecule has 1 fully saturated rings. The van der Waals surface area contributed by atoms with Crippen molar-refractivity contribution in [2.75, 3.05) is 18.6 Å². The Kier molecular flexibility index (Phi) is 4.88. The molecule has 25 heavy (non-hydrogen) atoms. The van der Waals surface area contributed by atoms with E-state index >= 15 is 0 Å². The van der Waals surface area contributed by atoms with Gasteiger partial charge in [-0.1, -0.05) is 23.7 Å². The van der Waals surface area contributed by atoms with Crippen molar-refractivity contribution in [3.8, 4) is 11.8 Å². The van der Waals surface area contributed by atoms with Gasteiger partial charge in [-0.15, -0.1) is 0 Å². The van der Waals surface area contributed by atoms with Crippen molar-refractivity contribution in [3.05, 3.63) is 58.6 Å². The molecule has 0 saturated carbocycles. The van der Waals surface area contributed by atoms with Crippen LogP contribution in [0, 0.1) is 11.3 Å². The second kappa shape index (κ2) is 7.09. The van der Waals surface area contributed by atoms with E-state index in [0.29, 0.717) is 33.7 Å². The van der Waals surface area contributed by atoms with Crippen molar-refractivity contribution in [2.24, 2.45) is 0 Å². The molecule has 0 unspecified atom stereocenters. The monoisotopic (exact) mass is 371 g/mol. The van der Waals surface area contributed by atoms with Crippen LogP contribution < -0.4 is 9.64 Å². The van der Waals surface area contributed by atoms with E-state index in [1.807, 2.05) is 17.0 Å². The highest BCUT2D eigenvalue weighted by Crippen LogP contribution is 2.31. The Bertz CT molecular complexity index is 877. The summed E-state index contributed by atoms with van der Waals surface area (Å²) in [5.74, 6) is 0.428. The third-order valence-corrected chi connectivity index (χ3v) is 4.62. The van der Waals surface area contributed by atoms with Gasteiger partial charge >= 0.3 is 0 Å². The number of carbonyl (C=O) groups excluding carboxylic acids is 1. The van der Waals surface area contributed by atoms with E-state index in [-0.39, 0.29) is 12.5 Å². The molecule has 0 aliphatic carbocycles. The Morgan fingerprint density at radius 2 is 2.00 bits per heavy atom. The summed E-state index contributed by atoms with van der Waals surface area (Å²) in [6.45, 7) is 0.694. The number of carbonyl (C=O) groups is 1. The Morgan fingerprint density at radius 1 is 1.28 bits per heavy atom. The summed E-state index contributed by atoms with van der Waals surface area (Å²) in [4.78, 5) is 15.7. The highest BCUT2D eigenvalue weighted by Gasteiger charge is 2.34. The Morgan fingerprint density at radius 3 is 2.60 bits per heavy atom. The maximum Gasteiger partial charge on any atom is 0.252 e. The summed E-state index contributed by atoms with van der Waals surface area (Å²) in [6.07, 6.45) is 0. The van der Waals surface area contributed by atoms with Crippen molar-refractivity contribution in [3.63, 3.8) is 0 Å².